The predicted octanol–water partition coefficient (Wildman–Crippen LogP) is 3.93. The van der Waals surface area contributed by atoms with Gasteiger partial charge in [0.2, 0.25) is 0 Å². The van der Waals surface area contributed by atoms with Gasteiger partial charge in [0.1, 0.15) is 0 Å². The van der Waals surface area contributed by atoms with Crippen molar-refractivity contribution < 1.29 is 0 Å². The number of thioether (sulfide) groups is 1. The third-order valence-electron chi connectivity index (χ3n) is 4.41. The SMILES string of the molecule is Cc1cccc(CCN=C2NC3(CCCCC3)CS2)c1. The topological polar surface area (TPSA) is 24.4 Å². The Bertz CT molecular complexity index is 490. The molecule has 1 saturated heterocycles. The molecule has 2 nitrogen and oxygen atoms in total. The molecule has 1 heterocycles. The van der Waals surface area contributed by atoms with Crippen molar-refractivity contribution >= 4 is 16.9 Å². The van der Waals surface area contributed by atoms with Gasteiger partial charge in [0.15, 0.2) is 5.17 Å². The van der Waals surface area contributed by atoms with Crippen LogP contribution in [0.3, 0.4) is 0 Å². The molecule has 1 aliphatic carbocycles. The van der Waals surface area contributed by atoms with Gasteiger partial charge in [0.25, 0.3) is 0 Å². The van der Waals surface area contributed by atoms with Gasteiger partial charge in [0, 0.05) is 17.8 Å². The Balaban J connectivity index is 1.53. The van der Waals surface area contributed by atoms with Crippen LogP contribution in [0.5, 0.6) is 0 Å². The van der Waals surface area contributed by atoms with E-state index in [0.717, 1.165) is 13.0 Å². The van der Waals surface area contributed by atoms with E-state index in [4.69, 9.17) is 4.99 Å². The highest BCUT2D eigenvalue weighted by Crippen LogP contribution is 2.36. The van der Waals surface area contributed by atoms with Crippen LogP contribution in [0.15, 0.2) is 29.3 Å². The van der Waals surface area contributed by atoms with Gasteiger partial charge >= 0.3 is 0 Å². The molecule has 2 aliphatic rings. The van der Waals surface area contributed by atoms with E-state index >= 15 is 0 Å². The summed E-state index contributed by atoms with van der Waals surface area (Å²) in [4.78, 5) is 4.77. The van der Waals surface area contributed by atoms with E-state index in [1.165, 1.54) is 54.2 Å². The number of rotatable bonds is 3. The van der Waals surface area contributed by atoms with Crippen molar-refractivity contribution in [2.45, 2.75) is 51.0 Å². The first-order chi connectivity index (χ1) is 9.76. The summed E-state index contributed by atoms with van der Waals surface area (Å²) in [5, 5.41) is 4.90. The zero-order valence-corrected chi connectivity index (χ0v) is 13.1. The largest absolute Gasteiger partial charge is 0.359 e. The van der Waals surface area contributed by atoms with E-state index in [1.54, 1.807) is 0 Å². The van der Waals surface area contributed by atoms with Gasteiger partial charge in [0.05, 0.1) is 0 Å². The maximum absolute atomic E-state index is 4.77. The highest BCUT2D eigenvalue weighted by Gasteiger charge is 2.37. The smallest absolute Gasteiger partial charge is 0.157 e. The number of nitrogens with one attached hydrogen (secondary N) is 1. The molecule has 0 atom stereocenters. The van der Waals surface area contributed by atoms with Crippen LogP contribution >= 0.6 is 11.8 Å². The van der Waals surface area contributed by atoms with Crippen molar-refractivity contribution in [3.05, 3.63) is 35.4 Å². The maximum Gasteiger partial charge on any atom is 0.157 e. The van der Waals surface area contributed by atoms with Gasteiger partial charge in [-0.1, -0.05) is 60.9 Å². The summed E-state index contributed by atoms with van der Waals surface area (Å²) in [6, 6.07) is 8.75. The number of amidine groups is 1. The first kappa shape index (κ1) is 14.0. The molecule has 108 valence electrons. The van der Waals surface area contributed by atoms with E-state index in [2.05, 4.69) is 36.5 Å². The molecular weight excluding hydrogens is 264 g/mol. The van der Waals surface area contributed by atoms with Gasteiger partial charge in [-0.2, -0.15) is 0 Å². The van der Waals surface area contributed by atoms with Crippen molar-refractivity contribution in [2.75, 3.05) is 12.3 Å². The van der Waals surface area contributed by atoms with Crippen LogP contribution in [-0.2, 0) is 6.42 Å². The molecular formula is C17H24N2S. The second-order valence-corrected chi connectivity index (χ2v) is 7.14. The highest BCUT2D eigenvalue weighted by molar-refractivity contribution is 8.14. The summed E-state index contributed by atoms with van der Waals surface area (Å²) in [6.45, 7) is 3.05. The van der Waals surface area contributed by atoms with Gasteiger partial charge in [-0.05, 0) is 31.7 Å². The Kier molecular flexibility index (Phi) is 4.35. The van der Waals surface area contributed by atoms with Crippen LogP contribution in [0.2, 0.25) is 0 Å². The predicted molar refractivity (Wildman–Crippen MR) is 88.6 cm³/mol. The average Bonchev–Trinajstić information content (AvgIpc) is 2.83. The van der Waals surface area contributed by atoms with Gasteiger partial charge in [-0.15, -0.1) is 0 Å². The summed E-state index contributed by atoms with van der Waals surface area (Å²) >= 11 is 1.92. The molecule has 3 rings (SSSR count). The molecule has 0 unspecified atom stereocenters. The van der Waals surface area contributed by atoms with E-state index in [0.29, 0.717) is 5.54 Å². The molecule has 0 bridgehead atoms. The van der Waals surface area contributed by atoms with Gasteiger partial charge in [-0.3, -0.25) is 4.99 Å². The van der Waals surface area contributed by atoms with E-state index in [9.17, 15) is 0 Å². The summed E-state index contributed by atoms with van der Waals surface area (Å²) < 4.78 is 0. The first-order valence-electron chi connectivity index (χ1n) is 7.77. The Labute approximate surface area is 126 Å². The summed E-state index contributed by atoms with van der Waals surface area (Å²) in [7, 11) is 0. The van der Waals surface area contributed by atoms with E-state index in [1.807, 2.05) is 11.8 Å². The Morgan fingerprint density at radius 1 is 1.25 bits per heavy atom. The van der Waals surface area contributed by atoms with Crippen LogP contribution in [0.1, 0.15) is 43.2 Å². The number of aliphatic imine (C=N–C) groups is 1. The molecule has 1 spiro atoms. The zero-order chi connectivity index (χ0) is 13.8. The third-order valence-corrected chi connectivity index (χ3v) is 5.61. The summed E-state index contributed by atoms with van der Waals surface area (Å²) in [5.41, 5.74) is 3.11. The Morgan fingerprint density at radius 2 is 2.10 bits per heavy atom. The minimum Gasteiger partial charge on any atom is -0.359 e. The van der Waals surface area contributed by atoms with Crippen molar-refractivity contribution in [2.24, 2.45) is 4.99 Å². The van der Waals surface area contributed by atoms with E-state index in [-0.39, 0.29) is 0 Å². The fourth-order valence-corrected chi connectivity index (χ4v) is 4.49. The zero-order valence-electron chi connectivity index (χ0n) is 12.3. The molecule has 1 N–H and O–H groups in total. The molecule has 1 aromatic carbocycles. The number of nitrogens with zero attached hydrogens (tertiary/aromatic N) is 1. The van der Waals surface area contributed by atoms with Crippen molar-refractivity contribution in [1.29, 1.82) is 0 Å². The molecule has 0 aromatic heterocycles. The van der Waals surface area contributed by atoms with Gasteiger partial charge < -0.3 is 5.32 Å². The van der Waals surface area contributed by atoms with Crippen LogP contribution < -0.4 is 5.32 Å². The minimum atomic E-state index is 0.380. The lowest BCUT2D eigenvalue weighted by Gasteiger charge is -2.32. The number of aryl methyl sites for hydroxylation is 1. The summed E-state index contributed by atoms with van der Waals surface area (Å²) in [6.07, 6.45) is 7.87. The van der Waals surface area contributed by atoms with Crippen molar-refractivity contribution in [3.8, 4) is 0 Å². The molecule has 3 heteroatoms. The standard InChI is InChI=1S/C17H24N2S/c1-14-6-5-7-15(12-14)8-11-18-16-19-17(13-20-16)9-3-2-4-10-17/h5-7,12H,2-4,8-11,13H2,1H3,(H,18,19). The van der Waals surface area contributed by atoms with Crippen molar-refractivity contribution in [1.82, 2.24) is 5.32 Å². The van der Waals surface area contributed by atoms with Gasteiger partial charge in [-0.25, -0.2) is 0 Å². The lowest BCUT2D eigenvalue weighted by atomic mass is 9.83. The fourth-order valence-electron chi connectivity index (χ4n) is 3.24. The normalized spacial score (nSPS) is 23.1. The van der Waals surface area contributed by atoms with Crippen molar-refractivity contribution in [3.63, 3.8) is 0 Å². The highest BCUT2D eigenvalue weighted by atomic mass is 32.2. The number of benzene rings is 1. The third kappa shape index (κ3) is 3.38. The van der Waals surface area contributed by atoms with E-state index < -0.39 is 0 Å². The molecule has 1 aromatic rings. The number of hydrogen-bond donors (Lipinski definition) is 1. The van der Waals surface area contributed by atoms with Crippen LogP contribution in [0.4, 0.5) is 0 Å². The number of hydrogen-bond acceptors (Lipinski definition) is 2. The first-order valence-corrected chi connectivity index (χ1v) is 8.75. The molecule has 1 aliphatic heterocycles. The summed E-state index contributed by atoms with van der Waals surface area (Å²) in [5.74, 6) is 1.22. The Morgan fingerprint density at radius 3 is 2.90 bits per heavy atom. The quantitative estimate of drug-likeness (QED) is 0.911. The molecule has 0 amide bonds. The fraction of sp³-hybridized carbons (Fsp3) is 0.588. The average molecular weight is 288 g/mol. The Hall–Kier alpha value is -0.960. The lowest BCUT2D eigenvalue weighted by molar-refractivity contribution is 0.303. The second kappa shape index (κ2) is 6.21. The molecule has 1 saturated carbocycles. The maximum atomic E-state index is 4.77. The minimum absolute atomic E-state index is 0.380. The molecule has 20 heavy (non-hydrogen) atoms. The lowest BCUT2D eigenvalue weighted by Crippen LogP contribution is -2.45. The molecule has 0 radical (unpaired) electrons. The van der Waals surface area contributed by atoms with Crippen LogP contribution in [0, 0.1) is 6.92 Å². The molecule has 2 fully saturated rings. The van der Waals surface area contributed by atoms with Crippen LogP contribution in [-0.4, -0.2) is 23.0 Å². The second-order valence-electron chi connectivity index (χ2n) is 6.18. The monoisotopic (exact) mass is 288 g/mol. The van der Waals surface area contributed by atoms with Crippen LogP contribution in [0.25, 0.3) is 0 Å².